The fourth-order valence-electron chi connectivity index (χ4n) is 5.45. The number of allylic oxidation sites excluding steroid dienone is 4. The lowest BCUT2D eigenvalue weighted by atomic mass is 9.95. The fraction of sp³-hybridized carbons (Fsp3) is 0.257. The summed E-state index contributed by atoms with van der Waals surface area (Å²) in [6.07, 6.45) is 8.87. The third-order valence-corrected chi connectivity index (χ3v) is 7.72. The van der Waals surface area contributed by atoms with Gasteiger partial charge in [-0.3, -0.25) is 9.59 Å². The van der Waals surface area contributed by atoms with Crippen molar-refractivity contribution in [1.82, 2.24) is 14.9 Å². The first-order valence-electron chi connectivity index (χ1n) is 14.8. The number of rotatable bonds is 12. The summed E-state index contributed by atoms with van der Waals surface area (Å²) in [6, 6.07) is 18.9. The first-order valence-corrected chi connectivity index (χ1v) is 14.8. The van der Waals surface area contributed by atoms with Crippen LogP contribution < -0.4 is 19.5 Å². The molecule has 2 heterocycles. The van der Waals surface area contributed by atoms with Gasteiger partial charge in [0.25, 0.3) is 0 Å². The third-order valence-electron chi connectivity index (χ3n) is 7.72. The van der Waals surface area contributed by atoms with E-state index >= 15 is 0 Å². The third kappa shape index (κ3) is 6.79. The van der Waals surface area contributed by atoms with E-state index in [0.717, 1.165) is 23.9 Å². The highest BCUT2D eigenvalue weighted by molar-refractivity contribution is 6.34. The van der Waals surface area contributed by atoms with Crippen LogP contribution in [-0.2, 0) is 16.2 Å². The molecule has 9 nitrogen and oxygen atoms in total. The van der Waals surface area contributed by atoms with Gasteiger partial charge in [-0.05, 0) is 80.4 Å². The Hall–Kier alpha value is -5.02. The van der Waals surface area contributed by atoms with E-state index in [2.05, 4.69) is 20.2 Å². The second-order valence-electron chi connectivity index (χ2n) is 10.8. The van der Waals surface area contributed by atoms with Crippen molar-refractivity contribution in [2.45, 2.75) is 25.9 Å². The zero-order chi connectivity index (χ0) is 30.3. The maximum absolute atomic E-state index is 12.8. The Morgan fingerprint density at radius 1 is 0.886 bits per heavy atom. The first kappa shape index (κ1) is 29.1. The normalized spacial score (nSPS) is 15.0. The van der Waals surface area contributed by atoms with E-state index in [4.69, 9.17) is 14.2 Å². The Balaban J connectivity index is 1.25. The number of nitrogens with zero attached hydrogens (tertiary/aromatic N) is 3. The molecule has 0 spiro atoms. The molecule has 0 amide bonds. The molecule has 224 valence electrons. The minimum atomic E-state index is -0.267. The highest BCUT2D eigenvalue weighted by Crippen LogP contribution is 2.37. The molecule has 4 aromatic rings. The molecule has 1 saturated heterocycles. The summed E-state index contributed by atoms with van der Waals surface area (Å²) in [5.41, 5.74) is 3.11. The van der Waals surface area contributed by atoms with Crippen molar-refractivity contribution in [3.63, 3.8) is 0 Å². The van der Waals surface area contributed by atoms with Crippen LogP contribution in [0.25, 0.3) is 16.5 Å². The average Bonchev–Trinajstić information content (AvgIpc) is 3.57. The highest BCUT2D eigenvalue weighted by atomic mass is 16.5. The van der Waals surface area contributed by atoms with E-state index in [1.54, 1.807) is 19.2 Å². The lowest BCUT2D eigenvalue weighted by molar-refractivity contribution is -0.113. The second-order valence-corrected chi connectivity index (χ2v) is 10.8. The zero-order valence-electron chi connectivity index (χ0n) is 24.6. The van der Waals surface area contributed by atoms with Gasteiger partial charge in [-0.2, -0.15) is 0 Å². The topological polar surface area (TPSA) is 103 Å². The molecule has 1 N–H and O–H groups in total. The molecule has 6 rings (SSSR count). The van der Waals surface area contributed by atoms with Crippen molar-refractivity contribution in [2.75, 3.05) is 38.7 Å². The Morgan fingerprint density at radius 2 is 1.73 bits per heavy atom. The number of anilines is 2. The Morgan fingerprint density at radius 3 is 2.55 bits per heavy atom. The SMILES string of the molecule is COc1cc2c(Nc3ccc(OCc4ccccc4)c(C4=CC(=O)C=CC4=O)c3)ncnc2cc1OCCCN1CCCC1. The van der Waals surface area contributed by atoms with Gasteiger partial charge < -0.3 is 24.4 Å². The molecule has 0 atom stereocenters. The molecule has 2 aliphatic rings. The summed E-state index contributed by atoms with van der Waals surface area (Å²) in [6.45, 7) is 4.25. The average molecular weight is 591 g/mol. The molecular formula is C35H34N4O5. The number of hydrogen-bond donors (Lipinski definition) is 1. The minimum absolute atomic E-state index is 0.255. The van der Waals surface area contributed by atoms with E-state index in [-0.39, 0.29) is 17.1 Å². The largest absolute Gasteiger partial charge is 0.493 e. The number of carbonyl (C=O) groups excluding carboxylic acids is 2. The number of carbonyl (C=O) groups is 2. The quantitative estimate of drug-likeness (QED) is 0.159. The van der Waals surface area contributed by atoms with E-state index in [0.29, 0.717) is 53.0 Å². The van der Waals surface area contributed by atoms with Gasteiger partial charge in [-0.1, -0.05) is 30.3 Å². The highest BCUT2D eigenvalue weighted by Gasteiger charge is 2.21. The zero-order valence-corrected chi connectivity index (χ0v) is 24.6. The van der Waals surface area contributed by atoms with E-state index in [1.165, 1.54) is 50.5 Å². The van der Waals surface area contributed by atoms with Crippen LogP contribution >= 0.6 is 0 Å². The molecule has 0 unspecified atom stereocenters. The Kier molecular flexibility index (Phi) is 8.93. The first-order chi connectivity index (χ1) is 21.6. The molecule has 1 aliphatic heterocycles. The molecule has 1 aliphatic carbocycles. The number of aromatic nitrogens is 2. The number of methoxy groups -OCH3 is 1. The van der Waals surface area contributed by atoms with Crippen LogP contribution in [0.4, 0.5) is 11.5 Å². The van der Waals surface area contributed by atoms with Gasteiger partial charge in [0.2, 0.25) is 0 Å². The van der Waals surface area contributed by atoms with Crippen LogP contribution in [0, 0.1) is 0 Å². The predicted octanol–water partition coefficient (Wildman–Crippen LogP) is 5.92. The summed E-state index contributed by atoms with van der Waals surface area (Å²) in [4.78, 5) is 36.5. The molecule has 1 aromatic heterocycles. The molecule has 0 radical (unpaired) electrons. The van der Waals surface area contributed by atoms with Crippen molar-refractivity contribution < 1.29 is 23.8 Å². The maximum atomic E-state index is 12.8. The van der Waals surface area contributed by atoms with Crippen molar-refractivity contribution in [3.05, 3.63) is 96.3 Å². The number of hydrogen-bond acceptors (Lipinski definition) is 9. The van der Waals surface area contributed by atoms with Crippen LogP contribution in [0.1, 0.15) is 30.4 Å². The molecule has 0 bridgehead atoms. The predicted molar refractivity (Wildman–Crippen MR) is 170 cm³/mol. The van der Waals surface area contributed by atoms with Crippen LogP contribution in [0.15, 0.2) is 85.2 Å². The summed E-state index contributed by atoms with van der Waals surface area (Å²) < 4.78 is 17.9. The van der Waals surface area contributed by atoms with Crippen molar-refractivity contribution in [1.29, 1.82) is 0 Å². The Bertz CT molecular complexity index is 1730. The number of fused-ring (bicyclic) bond motifs is 1. The lowest BCUT2D eigenvalue weighted by Gasteiger charge is -2.17. The van der Waals surface area contributed by atoms with Gasteiger partial charge in [0, 0.05) is 34.8 Å². The Labute approximate surface area is 256 Å². The van der Waals surface area contributed by atoms with Crippen LogP contribution in [0.3, 0.4) is 0 Å². The summed E-state index contributed by atoms with van der Waals surface area (Å²) in [5, 5.41) is 4.10. The van der Waals surface area contributed by atoms with E-state index in [1.807, 2.05) is 48.5 Å². The van der Waals surface area contributed by atoms with Crippen molar-refractivity contribution in [2.24, 2.45) is 0 Å². The molecule has 1 fully saturated rings. The van der Waals surface area contributed by atoms with Crippen molar-refractivity contribution >= 4 is 39.5 Å². The van der Waals surface area contributed by atoms with Gasteiger partial charge in [-0.15, -0.1) is 0 Å². The van der Waals surface area contributed by atoms with E-state index < -0.39 is 0 Å². The van der Waals surface area contributed by atoms with Crippen LogP contribution in [-0.4, -0.2) is 59.8 Å². The molecule has 0 saturated carbocycles. The second kappa shape index (κ2) is 13.5. The van der Waals surface area contributed by atoms with Gasteiger partial charge in [-0.25, -0.2) is 9.97 Å². The van der Waals surface area contributed by atoms with Gasteiger partial charge in [0.05, 0.1) is 19.2 Å². The fourth-order valence-corrected chi connectivity index (χ4v) is 5.45. The van der Waals surface area contributed by atoms with E-state index in [9.17, 15) is 9.59 Å². The maximum Gasteiger partial charge on any atom is 0.186 e. The van der Waals surface area contributed by atoms with Crippen LogP contribution in [0.5, 0.6) is 17.2 Å². The lowest BCUT2D eigenvalue weighted by Crippen LogP contribution is -2.21. The number of ketones is 2. The molecular weight excluding hydrogens is 556 g/mol. The van der Waals surface area contributed by atoms with Gasteiger partial charge in [0.15, 0.2) is 23.1 Å². The van der Waals surface area contributed by atoms with Crippen molar-refractivity contribution in [3.8, 4) is 17.2 Å². The summed E-state index contributed by atoms with van der Waals surface area (Å²) in [5.74, 6) is 1.74. The smallest absolute Gasteiger partial charge is 0.186 e. The number of likely N-dealkylation sites (tertiary alicyclic amines) is 1. The standard InChI is InChI=1S/C35H34N4O5/c1-42-33-20-29-30(21-34(33)43-17-7-16-39-14-5-6-15-39)36-23-37-35(29)38-25-10-13-32(44-22-24-8-3-2-4-9-24)28(18-25)27-19-26(40)11-12-31(27)41/h2-4,8-13,18-21,23H,5-7,14-17,22H2,1H3,(H,36,37,38). The molecule has 9 heteroatoms. The molecule has 44 heavy (non-hydrogen) atoms. The van der Waals surface area contributed by atoms with Gasteiger partial charge >= 0.3 is 0 Å². The van der Waals surface area contributed by atoms with Gasteiger partial charge in [0.1, 0.15) is 24.5 Å². The summed E-state index contributed by atoms with van der Waals surface area (Å²) in [7, 11) is 1.61. The monoisotopic (exact) mass is 590 g/mol. The van der Waals surface area contributed by atoms with Crippen LogP contribution in [0.2, 0.25) is 0 Å². The minimum Gasteiger partial charge on any atom is -0.493 e. The number of benzene rings is 3. The molecule has 3 aromatic carbocycles. The summed E-state index contributed by atoms with van der Waals surface area (Å²) >= 11 is 0. The number of ether oxygens (including phenoxy) is 3. The number of nitrogens with one attached hydrogen (secondary N) is 1.